The van der Waals surface area contributed by atoms with E-state index in [0.717, 1.165) is 44.9 Å². The predicted molar refractivity (Wildman–Crippen MR) is 206 cm³/mol. The van der Waals surface area contributed by atoms with Gasteiger partial charge in [-0.1, -0.05) is 83.2 Å². The van der Waals surface area contributed by atoms with Crippen LogP contribution in [0.15, 0.2) is 60.7 Å². The zero-order valence-electron chi connectivity index (χ0n) is 31.7. The zero-order valence-corrected chi connectivity index (χ0v) is 31.7. The van der Waals surface area contributed by atoms with Crippen LogP contribution in [0, 0.1) is 11.8 Å². The quantitative estimate of drug-likeness (QED) is 0.0862. The first-order chi connectivity index (χ1) is 24.7. The number of esters is 2. The molecule has 2 aromatic carbocycles. The third kappa shape index (κ3) is 11.6. The summed E-state index contributed by atoms with van der Waals surface area (Å²) in [6, 6.07) is 14.7. The Hall–Kier alpha value is -3.22. The highest BCUT2D eigenvalue weighted by Gasteiger charge is 2.29. The average molecular weight is 701 g/mol. The second-order valence-electron chi connectivity index (χ2n) is 15.2. The van der Waals surface area contributed by atoms with E-state index in [0.29, 0.717) is 23.7 Å². The minimum atomic E-state index is -0.645. The summed E-state index contributed by atoms with van der Waals surface area (Å²) in [6.45, 7) is 13.2. The molecule has 2 N–H and O–H groups in total. The minimum absolute atomic E-state index is 0.00536. The molecule has 2 aliphatic rings. The number of rotatable bonds is 19. The third-order valence-corrected chi connectivity index (χ3v) is 11.7. The third-order valence-electron chi connectivity index (χ3n) is 11.7. The average Bonchev–Trinajstić information content (AvgIpc) is 3.18. The number of unbranched alkanes of at least 4 members (excludes halogenated alkanes) is 2. The van der Waals surface area contributed by atoms with Crippen molar-refractivity contribution in [3.63, 3.8) is 0 Å². The van der Waals surface area contributed by atoms with Crippen LogP contribution in [0.2, 0.25) is 0 Å². The molecule has 0 radical (unpaired) electrons. The van der Waals surface area contributed by atoms with Gasteiger partial charge in [0.1, 0.15) is 0 Å². The number of aliphatic hydroxyl groups excluding tert-OH is 2. The van der Waals surface area contributed by atoms with Crippen molar-refractivity contribution in [1.82, 2.24) is 0 Å². The van der Waals surface area contributed by atoms with Gasteiger partial charge in [0, 0.05) is 5.92 Å². The highest BCUT2D eigenvalue weighted by molar-refractivity contribution is 5.88. The number of hydrogen-bond donors (Lipinski definition) is 2. The molecular weight excluding hydrogens is 636 g/mol. The van der Waals surface area contributed by atoms with Gasteiger partial charge in [-0.15, -0.1) is 0 Å². The van der Waals surface area contributed by atoms with Crippen LogP contribution in [0.1, 0.15) is 149 Å². The summed E-state index contributed by atoms with van der Waals surface area (Å²) >= 11 is 0. The highest BCUT2D eigenvalue weighted by Crippen LogP contribution is 2.44. The number of carbonyl (C=O) groups excluding carboxylic acids is 2. The summed E-state index contributed by atoms with van der Waals surface area (Å²) < 4.78 is 10.8. The summed E-state index contributed by atoms with van der Waals surface area (Å²) in [6.07, 6.45) is 17.4. The van der Waals surface area contributed by atoms with Crippen molar-refractivity contribution in [2.75, 3.05) is 26.4 Å². The summed E-state index contributed by atoms with van der Waals surface area (Å²) in [7, 11) is 0. The summed E-state index contributed by atoms with van der Waals surface area (Å²) in [5.41, 5.74) is 9.19. The molecule has 6 heteroatoms. The van der Waals surface area contributed by atoms with E-state index in [4.69, 9.17) is 9.47 Å². The number of aliphatic hydroxyl groups is 2. The van der Waals surface area contributed by atoms with Gasteiger partial charge in [0.05, 0.1) is 37.6 Å². The molecular formula is C45H64O6. The maximum absolute atomic E-state index is 12.1. The molecule has 0 bridgehead atoms. The lowest BCUT2D eigenvalue weighted by Crippen LogP contribution is -2.26. The smallest absolute Gasteiger partial charge is 0.335 e. The molecule has 0 unspecified atom stereocenters. The van der Waals surface area contributed by atoms with Gasteiger partial charge in [0.25, 0.3) is 0 Å². The van der Waals surface area contributed by atoms with E-state index in [9.17, 15) is 19.8 Å². The number of carbonyl (C=O) groups is 2. The van der Waals surface area contributed by atoms with E-state index in [2.05, 4.69) is 70.3 Å². The van der Waals surface area contributed by atoms with Gasteiger partial charge in [-0.3, -0.25) is 0 Å². The van der Waals surface area contributed by atoms with E-state index in [1.807, 2.05) is 0 Å². The van der Waals surface area contributed by atoms with Crippen LogP contribution in [0.3, 0.4) is 0 Å². The van der Waals surface area contributed by atoms with Crippen molar-refractivity contribution in [2.45, 2.75) is 135 Å². The first-order valence-electron chi connectivity index (χ1n) is 19.9. The van der Waals surface area contributed by atoms with Crippen LogP contribution < -0.4 is 0 Å². The van der Waals surface area contributed by atoms with E-state index < -0.39 is 25.2 Å². The summed E-state index contributed by atoms with van der Waals surface area (Å²) in [5.74, 6) is 0.795. The Bertz CT molecular complexity index is 1410. The van der Waals surface area contributed by atoms with Gasteiger partial charge >= 0.3 is 11.9 Å². The normalized spacial score (nSPS) is 20.6. The molecule has 0 aromatic heterocycles. The Morgan fingerprint density at radius 2 is 1.20 bits per heavy atom. The lowest BCUT2D eigenvalue weighted by atomic mass is 9.73. The van der Waals surface area contributed by atoms with Gasteiger partial charge in [-0.05, 0) is 141 Å². The van der Waals surface area contributed by atoms with Gasteiger partial charge in [-0.25, -0.2) is 9.59 Å². The summed E-state index contributed by atoms with van der Waals surface area (Å²) in [5, 5.41) is 18.4. The molecule has 2 aromatic rings. The number of benzene rings is 2. The Kier molecular flexibility index (Phi) is 16.5. The van der Waals surface area contributed by atoms with Gasteiger partial charge in [-0.2, -0.15) is 0 Å². The molecule has 4 rings (SSSR count). The predicted octanol–water partition coefficient (Wildman–Crippen LogP) is 9.45. The lowest BCUT2D eigenvalue weighted by molar-refractivity contribution is -0.145. The molecule has 0 spiro atoms. The fourth-order valence-corrected chi connectivity index (χ4v) is 8.47. The van der Waals surface area contributed by atoms with E-state index in [1.165, 1.54) is 62.5 Å². The molecule has 2 saturated carbocycles. The van der Waals surface area contributed by atoms with Crippen LogP contribution in [-0.2, 0) is 38.3 Å². The molecule has 2 fully saturated rings. The fraction of sp³-hybridized carbons (Fsp3) is 0.600. The molecule has 51 heavy (non-hydrogen) atoms. The topological polar surface area (TPSA) is 93.1 Å². The lowest BCUT2D eigenvalue weighted by Gasteiger charge is -2.33. The molecule has 2 aliphatic carbocycles. The molecule has 0 heterocycles. The Labute approximate surface area is 307 Å². The molecule has 0 aliphatic heterocycles. The van der Waals surface area contributed by atoms with Gasteiger partial charge in [0.15, 0.2) is 0 Å². The van der Waals surface area contributed by atoms with Crippen molar-refractivity contribution < 1.29 is 29.3 Å². The summed E-state index contributed by atoms with van der Waals surface area (Å²) in [4.78, 5) is 24.3. The van der Waals surface area contributed by atoms with Gasteiger partial charge < -0.3 is 19.7 Å². The zero-order chi connectivity index (χ0) is 36.8. The Morgan fingerprint density at radius 3 is 1.73 bits per heavy atom. The maximum Gasteiger partial charge on any atom is 0.335 e. The van der Waals surface area contributed by atoms with Crippen molar-refractivity contribution in [3.8, 4) is 0 Å². The van der Waals surface area contributed by atoms with Crippen molar-refractivity contribution in [1.29, 1.82) is 0 Å². The molecule has 6 nitrogen and oxygen atoms in total. The van der Waals surface area contributed by atoms with Gasteiger partial charge in [0.2, 0.25) is 0 Å². The first kappa shape index (κ1) is 40.5. The maximum atomic E-state index is 12.1. The van der Waals surface area contributed by atoms with E-state index in [1.54, 1.807) is 22.3 Å². The van der Waals surface area contributed by atoms with Crippen LogP contribution >= 0.6 is 0 Å². The fourth-order valence-electron chi connectivity index (χ4n) is 8.47. The van der Waals surface area contributed by atoms with Crippen LogP contribution in [0.4, 0.5) is 0 Å². The monoisotopic (exact) mass is 700 g/mol. The van der Waals surface area contributed by atoms with Crippen LogP contribution in [-0.4, -0.2) is 48.6 Å². The standard InChI is InChI=1S/C45H64O6/c1-6-9-10-11-37-18-21-41(25-35(37)7-2)39-16-19-40(20-17-39)43-23-22-42(26-36(43)8-3)38-14-12-33(13-15-38)24-34(29-50-44(48)31(4)27-46)30-51-45(49)32(5)28-47/h18,21-23,25-26,33-34,38-40,46-47H,4-17,19-20,24,27-30H2,1-3H3. The molecule has 0 amide bonds. The SMILES string of the molecule is C=C(CO)C(=O)OCC(COC(=O)C(=C)CO)CC1CCC(c2ccc(C3CCC(c4ccc(CCCCC)c(CC)c4)CC3)c(CC)c2)CC1. The first-order valence-corrected chi connectivity index (χ1v) is 19.9. The second kappa shape index (κ2) is 20.7. The molecule has 0 atom stereocenters. The van der Waals surface area contributed by atoms with Crippen molar-refractivity contribution >= 4 is 11.9 Å². The Morgan fingerprint density at radius 1 is 0.686 bits per heavy atom. The van der Waals surface area contributed by atoms with E-state index in [-0.39, 0.29) is 30.3 Å². The van der Waals surface area contributed by atoms with Crippen molar-refractivity contribution in [3.05, 3.63) is 94.1 Å². The number of aryl methyl sites for hydroxylation is 3. The van der Waals surface area contributed by atoms with E-state index >= 15 is 0 Å². The molecule has 0 saturated heterocycles. The second-order valence-corrected chi connectivity index (χ2v) is 15.2. The number of ether oxygens (including phenoxy) is 2. The van der Waals surface area contributed by atoms with Crippen molar-refractivity contribution in [2.24, 2.45) is 11.8 Å². The van der Waals surface area contributed by atoms with Crippen LogP contribution in [0.5, 0.6) is 0 Å². The molecule has 280 valence electrons. The highest BCUT2D eigenvalue weighted by atomic mass is 16.5. The minimum Gasteiger partial charge on any atom is -0.462 e. The largest absolute Gasteiger partial charge is 0.462 e. The Balaban J connectivity index is 1.32. The number of hydrogen-bond acceptors (Lipinski definition) is 6. The van der Waals surface area contributed by atoms with Crippen LogP contribution in [0.25, 0.3) is 0 Å².